The van der Waals surface area contributed by atoms with Crippen molar-refractivity contribution >= 4 is 38.8 Å². The van der Waals surface area contributed by atoms with Crippen LogP contribution in [0.25, 0.3) is 10.9 Å². The van der Waals surface area contributed by atoms with E-state index in [0.717, 1.165) is 4.90 Å². The summed E-state index contributed by atoms with van der Waals surface area (Å²) in [5, 5.41) is 9.09. The Balaban J connectivity index is 2.18. The quantitative estimate of drug-likeness (QED) is 0.218. The average Bonchev–Trinajstić information content (AvgIpc) is 2.87. The minimum absolute atomic E-state index is 0.00582. The van der Waals surface area contributed by atoms with Crippen molar-refractivity contribution in [1.82, 2.24) is 14.6 Å². The minimum Gasteiger partial charge on any atom is -0.480 e. The first kappa shape index (κ1) is 17.2. The number of nitrogens with zero attached hydrogens (tertiary/aromatic N) is 3. The molecule has 0 bridgehead atoms. The standard InChI is InChI=1S/C23H32N6O5S/c1-14-8-10-29(18(12-14)22(31)32)21(30)17(6-4-9-26-23(24)25)28-35(33,34)19-7-3-5-16-11-15(2)13-27-20(16)19/h3,5,7,11,13-14,17-18,28H,4,6,8-10,12H2,1-2H3,(H,31,32)(H4,24,25,26)/t14-,17+,18-/m1/s1/i2D3,3D,5D,7D,11D,13D. The first-order valence-electron chi connectivity index (χ1n) is 14.8. The van der Waals surface area contributed by atoms with Crippen LogP contribution in [-0.4, -0.2) is 66.4 Å². The van der Waals surface area contributed by atoms with Crippen molar-refractivity contribution < 1.29 is 34.1 Å². The molecular weight excluding hydrogens is 472 g/mol. The number of hydrogen-bond donors (Lipinski definition) is 4. The lowest BCUT2D eigenvalue weighted by atomic mass is 9.91. The lowest BCUT2D eigenvalue weighted by Gasteiger charge is -2.38. The van der Waals surface area contributed by atoms with Crippen molar-refractivity contribution in [2.75, 3.05) is 13.1 Å². The smallest absolute Gasteiger partial charge is 0.326 e. The van der Waals surface area contributed by atoms with Gasteiger partial charge in [-0.05, 0) is 56.1 Å². The number of likely N-dealkylation sites (tertiary alicyclic amines) is 1. The zero-order valence-electron chi connectivity index (χ0n) is 27.0. The Hall–Kier alpha value is -3.25. The molecule has 3 rings (SSSR count). The largest absolute Gasteiger partial charge is 0.480 e. The number of carbonyl (C=O) groups excluding carboxylic acids is 1. The lowest BCUT2D eigenvalue weighted by molar-refractivity contribution is -0.153. The number of aliphatic imine (C=N–C) groups is 1. The first-order chi connectivity index (χ1) is 19.8. The fourth-order valence-corrected chi connectivity index (χ4v) is 5.16. The van der Waals surface area contributed by atoms with E-state index in [4.69, 9.17) is 22.4 Å². The molecule has 190 valence electrons. The Morgan fingerprint density at radius 3 is 2.89 bits per heavy atom. The molecule has 11 nitrogen and oxygen atoms in total. The predicted molar refractivity (Wildman–Crippen MR) is 132 cm³/mol. The molecule has 1 aromatic carbocycles. The highest BCUT2D eigenvalue weighted by Crippen LogP contribution is 2.26. The molecule has 1 aliphatic rings. The fraction of sp³-hybridized carbons (Fsp3) is 0.478. The number of aliphatic carboxylic acids is 1. The number of amides is 1. The predicted octanol–water partition coefficient (Wildman–Crippen LogP) is 0.955. The second-order valence-corrected chi connectivity index (χ2v) is 9.94. The summed E-state index contributed by atoms with van der Waals surface area (Å²) >= 11 is 0. The van der Waals surface area contributed by atoms with Gasteiger partial charge in [0.25, 0.3) is 0 Å². The maximum absolute atomic E-state index is 13.8. The third kappa shape index (κ3) is 6.45. The van der Waals surface area contributed by atoms with Crippen molar-refractivity contribution in [3.05, 3.63) is 35.9 Å². The number of piperidine rings is 1. The number of pyridine rings is 1. The van der Waals surface area contributed by atoms with E-state index >= 15 is 0 Å². The summed E-state index contributed by atoms with van der Waals surface area (Å²) in [5.74, 6) is -2.40. The van der Waals surface area contributed by atoms with Crippen LogP contribution < -0.4 is 16.2 Å². The molecule has 1 amide bonds. The van der Waals surface area contributed by atoms with Gasteiger partial charge in [-0.15, -0.1) is 0 Å². The average molecular weight is 513 g/mol. The molecule has 12 heteroatoms. The maximum Gasteiger partial charge on any atom is 0.326 e. The Bertz CT molecular complexity index is 1580. The number of fused-ring (bicyclic) bond motifs is 1. The molecule has 6 N–H and O–H groups in total. The summed E-state index contributed by atoms with van der Waals surface area (Å²) in [6, 6.07) is -6.56. The van der Waals surface area contributed by atoms with Gasteiger partial charge < -0.3 is 21.5 Å². The fourth-order valence-electron chi connectivity index (χ4n) is 3.86. The van der Waals surface area contributed by atoms with E-state index in [-0.39, 0.29) is 44.2 Å². The van der Waals surface area contributed by atoms with Crippen LogP contribution in [0.2, 0.25) is 0 Å². The molecule has 2 aromatic rings. The summed E-state index contributed by atoms with van der Waals surface area (Å²) in [6.07, 6.45) is -0.533. The summed E-state index contributed by atoms with van der Waals surface area (Å²) in [4.78, 5) is 33.2. The van der Waals surface area contributed by atoms with Crippen LogP contribution in [0.1, 0.15) is 49.1 Å². The summed E-state index contributed by atoms with van der Waals surface area (Å²) in [6.45, 7) is -1.17. The SMILES string of the molecule is [2H]c1nc2c(S(=O)(=O)N[C@@H](CCCN=C(N)N)C(=O)N3CC[C@@H](C)C[C@@H]3C(=O)O)c([2H])c([2H])c([2H])c2c([2H])c1C([2H])([2H])[2H]. The van der Waals surface area contributed by atoms with Crippen LogP contribution in [0.4, 0.5) is 0 Å². The molecule has 0 spiro atoms. The van der Waals surface area contributed by atoms with Crippen molar-refractivity contribution in [3.63, 3.8) is 0 Å². The van der Waals surface area contributed by atoms with Gasteiger partial charge >= 0.3 is 5.97 Å². The number of benzene rings is 1. The lowest BCUT2D eigenvalue weighted by Crippen LogP contribution is -2.56. The number of hydrogen-bond acceptors (Lipinski definition) is 6. The molecule has 0 unspecified atom stereocenters. The van der Waals surface area contributed by atoms with E-state index in [9.17, 15) is 23.1 Å². The molecule has 1 saturated heterocycles. The summed E-state index contributed by atoms with van der Waals surface area (Å²) < 4.78 is 94.0. The number of sulfonamides is 1. The van der Waals surface area contributed by atoms with E-state index in [1.165, 1.54) is 0 Å². The normalized spacial score (nSPS) is 22.9. The van der Waals surface area contributed by atoms with Gasteiger partial charge in [-0.3, -0.25) is 14.8 Å². The second kappa shape index (κ2) is 11.0. The highest BCUT2D eigenvalue weighted by molar-refractivity contribution is 7.89. The van der Waals surface area contributed by atoms with Crippen molar-refractivity contribution in [3.8, 4) is 0 Å². The molecule has 2 heterocycles. The third-order valence-corrected chi connectivity index (χ3v) is 7.01. The number of carboxylic acids is 1. The van der Waals surface area contributed by atoms with Gasteiger partial charge in [0, 0.05) is 28.8 Å². The molecule has 0 aliphatic carbocycles. The third-order valence-electron chi connectivity index (χ3n) is 5.59. The molecule has 35 heavy (non-hydrogen) atoms. The highest BCUT2D eigenvalue weighted by atomic mass is 32.2. The van der Waals surface area contributed by atoms with E-state index < -0.39 is 92.5 Å². The number of carbonyl (C=O) groups is 2. The van der Waals surface area contributed by atoms with Gasteiger partial charge in [-0.25, -0.2) is 13.2 Å². The van der Waals surface area contributed by atoms with Crippen molar-refractivity contribution in [2.45, 2.75) is 56.4 Å². The molecular formula is C23H32N6O5S. The van der Waals surface area contributed by atoms with Crippen LogP contribution in [0.3, 0.4) is 0 Å². The topological polar surface area (TPSA) is 181 Å². The molecule has 0 radical (unpaired) electrons. The molecule has 3 atom stereocenters. The zero-order chi connectivity index (χ0) is 32.6. The van der Waals surface area contributed by atoms with Gasteiger partial charge in [-0.1, -0.05) is 19.0 Å². The van der Waals surface area contributed by atoms with E-state index in [1.54, 1.807) is 0 Å². The summed E-state index contributed by atoms with van der Waals surface area (Å²) in [5.41, 5.74) is 9.04. The van der Waals surface area contributed by atoms with E-state index in [2.05, 4.69) is 14.7 Å². The number of aromatic nitrogens is 1. The molecule has 1 aliphatic heterocycles. The Morgan fingerprint density at radius 2 is 2.20 bits per heavy atom. The van der Waals surface area contributed by atoms with Crippen LogP contribution in [0.15, 0.2) is 40.2 Å². The van der Waals surface area contributed by atoms with Gasteiger partial charge in [0.2, 0.25) is 15.9 Å². The van der Waals surface area contributed by atoms with Gasteiger partial charge in [0.1, 0.15) is 17.0 Å². The van der Waals surface area contributed by atoms with Crippen molar-refractivity contribution in [1.29, 1.82) is 0 Å². The molecule has 1 aromatic heterocycles. The van der Waals surface area contributed by atoms with Gasteiger partial charge in [0.15, 0.2) is 5.96 Å². The number of para-hydroxylation sites is 1. The number of nitrogens with two attached hydrogens (primary N) is 2. The van der Waals surface area contributed by atoms with Crippen LogP contribution in [0.5, 0.6) is 0 Å². The number of carboxylic acid groups (broad SMARTS) is 1. The van der Waals surface area contributed by atoms with Crippen LogP contribution in [0, 0.1) is 12.8 Å². The Labute approximate surface area is 215 Å². The summed E-state index contributed by atoms with van der Waals surface area (Å²) in [7, 11) is -5.01. The zero-order valence-corrected chi connectivity index (χ0v) is 19.8. The van der Waals surface area contributed by atoms with Crippen LogP contribution in [-0.2, 0) is 19.6 Å². The van der Waals surface area contributed by atoms with Gasteiger partial charge in [-0.2, -0.15) is 4.72 Å². The Kier molecular flexibility index (Phi) is 5.41. The first-order valence-corrected chi connectivity index (χ1v) is 12.3. The number of guanidine groups is 1. The van der Waals surface area contributed by atoms with Gasteiger partial charge in [0.05, 0.1) is 12.4 Å². The Morgan fingerprint density at radius 1 is 1.43 bits per heavy atom. The number of nitrogens with one attached hydrogen (secondary N) is 1. The van der Waals surface area contributed by atoms with E-state index in [1.807, 2.05) is 6.92 Å². The minimum atomic E-state index is -5.01. The second-order valence-electron chi connectivity index (χ2n) is 8.29. The highest BCUT2D eigenvalue weighted by Gasteiger charge is 2.39. The van der Waals surface area contributed by atoms with E-state index in [0.29, 0.717) is 6.42 Å². The monoisotopic (exact) mass is 512 g/mol. The van der Waals surface area contributed by atoms with Crippen LogP contribution >= 0.6 is 0 Å². The van der Waals surface area contributed by atoms with Crippen molar-refractivity contribution in [2.24, 2.45) is 22.4 Å². The number of rotatable bonds is 9. The maximum atomic E-state index is 13.8. The molecule has 0 saturated carbocycles. The molecule has 1 fully saturated rings.